The number of hydrogen-bond donors (Lipinski definition) is 0. The van der Waals surface area contributed by atoms with Gasteiger partial charge in [-0.25, -0.2) is 8.42 Å². The predicted octanol–water partition coefficient (Wildman–Crippen LogP) is 2.90. The fourth-order valence-electron chi connectivity index (χ4n) is 3.98. The summed E-state index contributed by atoms with van der Waals surface area (Å²) in [6.45, 7) is 5.71. The molecule has 154 valence electrons. The van der Waals surface area contributed by atoms with Gasteiger partial charge >= 0.3 is 0 Å². The van der Waals surface area contributed by atoms with Gasteiger partial charge in [0.1, 0.15) is 0 Å². The van der Waals surface area contributed by atoms with Crippen LogP contribution < -0.4 is 0 Å². The molecule has 0 unspecified atom stereocenters. The molecule has 1 aromatic carbocycles. The third-order valence-corrected chi connectivity index (χ3v) is 7.35. The second-order valence-electron chi connectivity index (χ2n) is 7.70. The van der Waals surface area contributed by atoms with E-state index in [4.69, 9.17) is 4.74 Å². The summed E-state index contributed by atoms with van der Waals surface area (Å²) in [5, 5.41) is 0. The Bertz CT molecular complexity index is 790. The zero-order chi connectivity index (χ0) is 20.1. The summed E-state index contributed by atoms with van der Waals surface area (Å²) in [7, 11) is -3.49. The van der Waals surface area contributed by atoms with Crippen molar-refractivity contribution in [2.45, 2.75) is 56.5 Å². The SMILES string of the molecule is CC(C)N(C(=O)/C=C/c1ccc(S(=O)(=O)N2CCOCC2)cc1)C1CCCC1. The standard InChI is InChI=1S/C21H30N2O4S/c1-17(2)23(19-5-3-4-6-19)21(24)12-9-18-7-10-20(11-8-18)28(25,26)22-13-15-27-16-14-22/h7-12,17,19H,3-6,13-16H2,1-2H3/b12-9+. The highest BCUT2D eigenvalue weighted by Gasteiger charge is 2.28. The third-order valence-electron chi connectivity index (χ3n) is 5.44. The molecule has 0 radical (unpaired) electrons. The first-order valence-corrected chi connectivity index (χ1v) is 11.5. The Morgan fingerprint density at radius 3 is 2.32 bits per heavy atom. The Morgan fingerprint density at radius 2 is 1.75 bits per heavy atom. The van der Waals surface area contributed by atoms with Gasteiger partial charge in [-0.05, 0) is 50.5 Å². The maximum absolute atomic E-state index is 12.7. The predicted molar refractivity (Wildman–Crippen MR) is 109 cm³/mol. The fourth-order valence-corrected chi connectivity index (χ4v) is 5.39. The Balaban J connectivity index is 1.68. The fraction of sp³-hybridized carbons (Fsp3) is 0.571. The second kappa shape index (κ2) is 9.20. The van der Waals surface area contributed by atoms with Gasteiger partial charge in [-0.1, -0.05) is 25.0 Å². The molecule has 0 bridgehead atoms. The maximum Gasteiger partial charge on any atom is 0.247 e. The molecule has 3 rings (SSSR count). The van der Waals surface area contributed by atoms with E-state index < -0.39 is 10.0 Å². The van der Waals surface area contributed by atoms with Gasteiger partial charge in [-0.2, -0.15) is 4.31 Å². The molecule has 0 spiro atoms. The molecule has 28 heavy (non-hydrogen) atoms. The Labute approximate surface area is 168 Å². The van der Waals surface area contributed by atoms with Crippen molar-refractivity contribution in [2.24, 2.45) is 0 Å². The van der Waals surface area contributed by atoms with Crippen LogP contribution in [-0.4, -0.2) is 61.9 Å². The molecule has 1 heterocycles. The Hall–Kier alpha value is -1.70. The van der Waals surface area contributed by atoms with E-state index in [0.717, 1.165) is 18.4 Å². The van der Waals surface area contributed by atoms with Crippen LogP contribution in [0.3, 0.4) is 0 Å². The molecular formula is C21H30N2O4S. The Morgan fingerprint density at radius 1 is 1.14 bits per heavy atom. The first-order valence-electron chi connectivity index (χ1n) is 10.1. The molecule has 1 amide bonds. The molecule has 2 aliphatic rings. The average Bonchev–Trinajstić information content (AvgIpc) is 3.21. The molecular weight excluding hydrogens is 376 g/mol. The number of carbonyl (C=O) groups excluding carboxylic acids is 1. The average molecular weight is 407 g/mol. The zero-order valence-corrected chi connectivity index (χ0v) is 17.5. The summed E-state index contributed by atoms with van der Waals surface area (Å²) in [6, 6.07) is 7.19. The van der Waals surface area contributed by atoms with Crippen LogP contribution >= 0.6 is 0 Å². The van der Waals surface area contributed by atoms with Crippen molar-refractivity contribution in [3.05, 3.63) is 35.9 Å². The van der Waals surface area contributed by atoms with Crippen LogP contribution in [0.5, 0.6) is 0 Å². The number of hydrogen-bond acceptors (Lipinski definition) is 4. The van der Waals surface area contributed by atoms with Crippen molar-refractivity contribution >= 4 is 22.0 Å². The van der Waals surface area contributed by atoms with Crippen LogP contribution in [0.2, 0.25) is 0 Å². The molecule has 1 aromatic rings. The van der Waals surface area contributed by atoms with Crippen molar-refractivity contribution in [2.75, 3.05) is 26.3 Å². The number of carbonyl (C=O) groups is 1. The van der Waals surface area contributed by atoms with Crippen LogP contribution in [-0.2, 0) is 19.6 Å². The highest BCUT2D eigenvalue weighted by Crippen LogP contribution is 2.25. The van der Waals surface area contributed by atoms with E-state index in [0.29, 0.717) is 32.3 Å². The number of nitrogens with zero attached hydrogens (tertiary/aromatic N) is 2. The number of amides is 1. The lowest BCUT2D eigenvalue weighted by atomic mass is 10.1. The number of ether oxygens (including phenoxy) is 1. The maximum atomic E-state index is 12.7. The van der Waals surface area contributed by atoms with E-state index >= 15 is 0 Å². The largest absolute Gasteiger partial charge is 0.379 e. The molecule has 1 saturated heterocycles. The second-order valence-corrected chi connectivity index (χ2v) is 9.63. The third kappa shape index (κ3) is 4.82. The van der Waals surface area contributed by atoms with Gasteiger partial charge < -0.3 is 9.64 Å². The lowest BCUT2D eigenvalue weighted by Gasteiger charge is -2.31. The summed E-state index contributed by atoms with van der Waals surface area (Å²) in [5.41, 5.74) is 0.810. The van der Waals surface area contributed by atoms with E-state index in [1.165, 1.54) is 17.1 Å². The van der Waals surface area contributed by atoms with Gasteiger partial charge in [-0.3, -0.25) is 4.79 Å². The number of morpholine rings is 1. The topological polar surface area (TPSA) is 66.9 Å². The van der Waals surface area contributed by atoms with Crippen molar-refractivity contribution < 1.29 is 17.9 Å². The summed E-state index contributed by atoms with van der Waals surface area (Å²) >= 11 is 0. The minimum Gasteiger partial charge on any atom is -0.379 e. The first-order chi connectivity index (χ1) is 13.4. The summed E-state index contributed by atoms with van der Waals surface area (Å²) in [6.07, 6.45) is 7.88. The molecule has 0 atom stereocenters. The number of sulfonamides is 1. The number of rotatable bonds is 6. The van der Waals surface area contributed by atoms with E-state index in [-0.39, 0.29) is 16.8 Å². The minimum atomic E-state index is -3.49. The van der Waals surface area contributed by atoms with Gasteiger partial charge in [0.25, 0.3) is 0 Å². The van der Waals surface area contributed by atoms with Crippen molar-refractivity contribution in [1.29, 1.82) is 0 Å². The van der Waals surface area contributed by atoms with E-state index in [9.17, 15) is 13.2 Å². The molecule has 6 nitrogen and oxygen atoms in total. The Kier molecular flexibility index (Phi) is 6.91. The zero-order valence-electron chi connectivity index (χ0n) is 16.7. The van der Waals surface area contributed by atoms with Crippen molar-refractivity contribution in [3.63, 3.8) is 0 Å². The van der Waals surface area contributed by atoms with Crippen LogP contribution in [0.15, 0.2) is 35.2 Å². The van der Waals surface area contributed by atoms with Gasteiger partial charge in [0.15, 0.2) is 0 Å². The first kappa shape index (κ1) is 21.0. The van der Waals surface area contributed by atoms with E-state index in [1.54, 1.807) is 36.4 Å². The van der Waals surface area contributed by atoms with Crippen molar-refractivity contribution in [3.8, 4) is 0 Å². The molecule has 2 fully saturated rings. The van der Waals surface area contributed by atoms with Gasteiger partial charge in [-0.15, -0.1) is 0 Å². The lowest BCUT2D eigenvalue weighted by Crippen LogP contribution is -2.42. The molecule has 1 saturated carbocycles. The summed E-state index contributed by atoms with van der Waals surface area (Å²) in [4.78, 5) is 14.9. The van der Waals surface area contributed by atoms with Crippen LogP contribution in [0.4, 0.5) is 0 Å². The van der Waals surface area contributed by atoms with Gasteiger partial charge in [0, 0.05) is 31.2 Å². The molecule has 0 N–H and O–H groups in total. The summed E-state index contributed by atoms with van der Waals surface area (Å²) in [5.74, 6) is 0.0203. The number of benzene rings is 1. The molecule has 1 aliphatic heterocycles. The van der Waals surface area contributed by atoms with Gasteiger partial charge in [0.05, 0.1) is 18.1 Å². The van der Waals surface area contributed by atoms with Crippen LogP contribution in [0.25, 0.3) is 6.08 Å². The van der Waals surface area contributed by atoms with Gasteiger partial charge in [0.2, 0.25) is 15.9 Å². The van der Waals surface area contributed by atoms with Crippen LogP contribution in [0.1, 0.15) is 45.1 Å². The summed E-state index contributed by atoms with van der Waals surface area (Å²) < 4.78 is 32.0. The normalized spacial score (nSPS) is 19.5. The van der Waals surface area contributed by atoms with E-state index in [1.807, 2.05) is 4.90 Å². The van der Waals surface area contributed by atoms with Crippen LogP contribution in [0, 0.1) is 0 Å². The lowest BCUT2D eigenvalue weighted by molar-refractivity contribution is -0.130. The molecule has 7 heteroatoms. The molecule has 0 aromatic heterocycles. The highest BCUT2D eigenvalue weighted by molar-refractivity contribution is 7.89. The highest BCUT2D eigenvalue weighted by atomic mass is 32.2. The quantitative estimate of drug-likeness (QED) is 0.682. The van der Waals surface area contributed by atoms with E-state index in [2.05, 4.69) is 13.8 Å². The minimum absolute atomic E-state index is 0.0203. The van der Waals surface area contributed by atoms with Crippen molar-refractivity contribution in [1.82, 2.24) is 9.21 Å². The molecule has 1 aliphatic carbocycles. The monoisotopic (exact) mass is 406 g/mol. The smallest absolute Gasteiger partial charge is 0.247 e.